The maximum absolute atomic E-state index is 12.3. The number of hydrazone groups is 1. The van der Waals surface area contributed by atoms with Gasteiger partial charge in [-0.3, -0.25) is 4.79 Å². The summed E-state index contributed by atoms with van der Waals surface area (Å²) < 4.78 is 11.6. The number of carbonyl (C=O) groups is 1. The van der Waals surface area contributed by atoms with Crippen molar-refractivity contribution in [2.75, 3.05) is 19.0 Å². The Hall–Kier alpha value is -3.64. The minimum Gasteiger partial charge on any atom is -0.493 e. The Bertz CT molecular complexity index is 1040. The van der Waals surface area contributed by atoms with E-state index in [0.717, 1.165) is 10.2 Å². The molecule has 0 aliphatic carbocycles. The van der Waals surface area contributed by atoms with Crippen molar-refractivity contribution in [2.45, 2.75) is 13.0 Å². The number of anilines is 1. The lowest BCUT2D eigenvalue weighted by atomic mass is 10.2. The molecule has 1 aromatic heterocycles. The standard InChI is InChI=1S/C20H19N5O3S/c1-13(23-20-24-15-5-3-4-6-18(15)29-20)19(26)25-22-12-14-7-8-16(28-10-9-21)17(11-14)27-2/h3-8,11-13H,10H2,1-2H3,(H,23,24)(H,25,26)/b22-12-/t13-/m0/s1. The number of carbonyl (C=O) groups excluding carboxylic acids is 1. The third-order valence-corrected chi connectivity index (χ3v) is 4.86. The first-order chi connectivity index (χ1) is 14.1. The van der Waals surface area contributed by atoms with Crippen molar-refractivity contribution in [3.8, 4) is 17.6 Å². The van der Waals surface area contributed by atoms with Crippen LogP contribution in [-0.4, -0.2) is 36.9 Å². The number of ether oxygens (including phenoxy) is 2. The Balaban J connectivity index is 1.57. The number of thiazole rings is 1. The van der Waals surface area contributed by atoms with Gasteiger partial charge in [-0.05, 0) is 42.8 Å². The summed E-state index contributed by atoms with van der Waals surface area (Å²) in [6.07, 6.45) is 1.50. The van der Waals surface area contributed by atoms with E-state index in [9.17, 15) is 4.79 Å². The van der Waals surface area contributed by atoms with Gasteiger partial charge in [-0.1, -0.05) is 23.5 Å². The van der Waals surface area contributed by atoms with Crippen LogP contribution in [0.2, 0.25) is 0 Å². The summed E-state index contributed by atoms with van der Waals surface area (Å²) in [4.78, 5) is 16.7. The molecule has 2 N–H and O–H groups in total. The van der Waals surface area contributed by atoms with Gasteiger partial charge in [0.15, 0.2) is 23.2 Å². The molecule has 2 aromatic carbocycles. The summed E-state index contributed by atoms with van der Waals surface area (Å²) in [5, 5.41) is 16.3. The Morgan fingerprint density at radius 1 is 1.34 bits per heavy atom. The average molecular weight is 409 g/mol. The molecule has 9 heteroatoms. The lowest BCUT2D eigenvalue weighted by Crippen LogP contribution is -2.34. The minimum atomic E-state index is -0.510. The third kappa shape index (κ3) is 5.21. The number of fused-ring (bicyclic) bond motifs is 1. The molecular weight excluding hydrogens is 390 g/mol. The van der Waals surface area contributed by atoms with Crippen molar-refractivity contribution >= 4 is 38.8 Å². The Morgan fingerprint density at radius 3 is 2.93 bits per heavy atom. The second-order valence-electron chi connectivity index (χ2n) is 5.94. The first kappa shape index (κ1) is 20.1. The predicted octanol–water partition coefficient (Wildman–Crippen LogP) is 3.16. The Kier molecular flexibility index (Phi) is 6.60. The van der Waals surface area contributed by atoms with Crippen LogP contribution in [0.4, 0.5) is 5.13 Å². The molecule has 0 spiro atoms. The molecule has 0 fully saturated rings. The fraction of sp³-hybridized carbons (Fsp3) is 0.200. The monoisotopic (exact) mass is 409 g/mol. The number of rotatable bonds is 8. The first-order valence-corrected chi connectivity index (χ1v) is 9.55. The number of aromatic nitrogens is 1. The number of nitriles is 1. The number of amides is 1. The molecule has 1 amide bonds. The zero-order valence-corrected chi connectivity index (χ0v) is 16.7. The Morgan fingerprint density at radius 2 is 2.17 bits per heavy atom. The molecular formula is C20H19N5O3S. The minimum absolute atomic E-state index is 0.0700. The summed E-state index contributed by atoms with van der Waals surface area (Å²) in [6.45, 7) is 1.67. The smallest absolute Gasteiger partial charge is 0.262 e. The molecule has 3 rings (SSSR count). The maximum atomic E-state index is 12.3. The second kappa shape index (κ2) is 9.52. The van der Waals surface area contributed by atoms with Crippen LogP contribution in [0.25, 0.3) is 10.2 Å². The predicted molar refractivity (Wildman–Crippen MR) is 113 cm³/mol. The van der Waals surface area contributed by atoms with Crippen molar-refractivity contribution in [3.05, 3.63) is 48.0 Å². The van der Waals surface area contributed by atoms with E-state index in [0.29, 0.717) is 22.2 Å². The van der Waals surface area contributed by atoms with E-state index in [1.54, 1.807) is 25.1 Å². The van der Waals surface area contributed by atoms with Crippen LogP contribution in [0.1, 0.15) is 12.5 Å². The van der Waals surface area contributed by atoms with Gasteiger partial charge in [0, 0.05) is 0 Å². The van der Waals surface area contributed by atoms with E-state index in [4.69, 9.17) is 14.7 Å². The molecule has 148 valence electrons. The van der Waals surface area contributed by atoms with Crippen LogP contribution < -0.4 is 20.2 Å². The zero-order chi connectivity index (χ0) is 20.6. The number of methoxy groups -OCH3 is 1. The van der Waals surface area contributed by atoms with Gasteiger partial charge in [0.05, 0.1) is 23.5 Å². The number of benzene rings is 2. The Labute approximate surface area is 171 Å². The average Bonchev–Trinajstić information content (AvgIpc) is 3.14. The topological polar surface area (TPSA) is 109 Å². The summed E-state index contributed by atoms with van der Waals surface area (Å²) in [6, 6.07) is 14.3. The van der Waals surface area contributed by atoms with Gasteiger partial charge in [-0.2, -0.15) is 10.4 Å². The summed E-state index contributed by atoms with van der Waals surface area (Å²) in [7, 11) is 1.51. The second-order valence-corrected chi connectivity index (χ2v) is 6.97. The van der Waals surface area contributed by atoms with Crippen LogP contribution in [0.3, 0.4) is 0 Å². The SMILES string of the molecule is COc1cc(/C=N\NC(=O)[C@H](C)Nc2nc3ccccc3s2)ccc1OCC#N. The molecule has 0 bridgehead atoms. The number of nitrogens with zero attached hydrogens (tertiary/aromatic N) is 3. The van der Waals surface area contributed by atoms with E-state index in [1.807, 2.05) is 30.3 Å². The van der Waals surface area contributed by atoms with Crippen molar-refractivity contribution < 1.29 is 14.3 Å². The summed E-state index contributed by atoms with van der Waals surface area (Å²) in [5.41, 5.74) is 4.10. The number of hydrogen-bond acceptors (Lipinski definition) is 8. The van der Waals surface area contributed by atoms with Crippen LogP contribution >= 0.6 is 11.3 Å². The molecule has 0 aliphatic heterocycles. The molecule has 0 aliphatic rings. The molecule has 1 heterocycles. The van der Waals surface area contributed by atoms with Crippen LogP contribution in [-0.2, 0) is 4.79 Å². The van der Waals surface area contributed by atoms with Gasteiger partial charge in [-0.15, -0.1) is 0 Å². The van der Waals surface area contributed by atoms with Crippen molar-refractivity contribution in [1.29, 1.82) is 5.26 Å². The van der Waals surface area contributed by atoms with Gasteiger partial charge in [0.2, 0.25) is 0 Å². The molecule has 0 unspecified atom stereocenters. The fourth-order valence-electron chi connectivity index (χ4n) is 2.45. The van der Waals surface area contributed by atoms with Crippen LogP contribution in [0, 0.1) is 11.3 Å². The maximum Gasteiger partial charge on any atom is 0.262 e. The quantitative estimate of drug-likeness (QED) is 0.437. The highest BCUT2D eigenvalue weighted by Gasteiger charge is 2.14. The van der Waals surface area contributed by atoms with Gasteiger partial charge in [0.25, 0.3) is 5.91 Å². The van der Waals surface area contributed by atoms with E-state index in [2.05, 4.69) is 20.8 Å². The van der Waals surface area contributed by atoms with Crippen molar-refractivity contribution in [1.82, 2.24) is 10.4 Å². The summed E-state index contributed by atoms with van der Waals surface area (Å²) in [5.74, 6) is 0.645. The third-order valence-electron chi connectivity index (χ3n) is 3.90. The molecule has 8 nitrogen and oxygen atoms in total. The molecule has 29 heavy (non-hydrogen) atoms. The number of nitrogens with one attached hydrogen (secondary N) is 2. The highest BCUT2D eigenvalue weighted by atomic mass is 32.1. The van der Waals surface area contributed by atoms with Gasteiger partial charge >= 0.3 is 0 Å². The normalized spacial score (nSPS) is 11.8. The van der Waals surface area contributed by atoms with Gasteiger partial charge in [-0.25, -0.2) is 10.4 Å². The highest BCUT2D eigenvalue weighted by Crippen LogP contribution is 2.27. The van der Waals surface area contributed by atoms with Crippen LogP contribution in [0.15, 0.2) is 47.6 Å². The number of para-hydroxylation sites is 1. The zero-order valence-electron chi connectivity index (χ0n) is 15.9. The van der Waals surface area contributed by atoms with Gasteiger partial charge < -0.3 is 14.8 Å². The fourth-order valence-corrected chi connectivity index (χ4v) is 3.40. The van der Waals surface area contributed by atoms with Gasteiger partial charge in [0.1, 0.15) is 12.1 Å². The lowest BCUT2D eigenvalue weighted by Gasteiger charge is -2.10. The molecule has 0 saturated carbocycles. The summed E-state index contributed by atoms with van der Waals surface area (Å²) >= 11 is 1.49. The van der Waals surface area contributed by atoms with E-state index >= 15 is 0 Å². The lowest BCUT2D eigenvalue weighted by molar-refractivity contribution is -0.121. The van der Waals surface area contributed by atoms with Crippen LogP contribution in [0.5, 0.6) is 11.5 Å². The van der Waals surface area contributed by atoms with E-state index in [1.165, 1.54) is 24.7 Å². The largest absolute Gasteiger partial charge is 0.493 e. The molecule has 0 saturated heterocycles. The molecule has 3 aromatic rings. The highest BCUT2D eigenvalue weighted by molar-refractivity contribution is 7.22. The first-order valence-electron chi connectivity index (χ1n) is 8.73. The van der Waals surface area contributed by atoms with E-state index in [-0.39, 0.29) is 12.5 Å². The van der Waals surface area contributed by atoms with Crippen molar-refractivity contribution in [3.63, 3.8) is 0 Å². The molecule has 0 radical (unpaired) electrons. The van der Waals surface area contributed by atoms with Crippen molar-refractivity contribution in [2.24, 2.45) is 5.10 Å². The van der Waals surface area contributed by atoms with E-state index < -0.39 is 6.04 Å². The molecule has 1 atom stereocenters. The number of hydrogen-bond donors (Lipinski definition) is 2.